The average Bonchev–Trinajstić information content (AvgIpc) is 2.64. The van der Waals surface area contributed by atoms with Gasteiger partial charge in [-0.2, -0.15) is 0 Å². The van der Waals surface area contributed by atoms with Crippen molar-refractivity contribution >= 4 is 5.91 Å². The van der Waals surface area contributed by atoms with Crippen LogP contribution in [0.2, 0.25) is 0 Å². The molecular formula is C19H29N3O2. The predicted molar refractivity (Wildman–Crippen MR) is 93.6 cm³/mol. The second-order valence-corrected chi connectivity index (χ2v) is 6.96. The van der Waals surface area contributed by atoms with E-state index >= 15 is 0 Å². The lowest BCUT2D eigenvalue weighted by Crippen LogP contribution is -2.44. The quantitative estimate of drug-likeness (QED) is 0.870. The summed E-state index contributed by atoms with van der Waals surface area (Å²) in [6.45, 7) is 4.00. The molecule has 2 aliphatic rings. The molecule has 132 valence electrons. The van der Waals surface area contributed by atoms with E-state index in [0.717, 1.165) is 26.3 Å². The molecule has 1 saturated heterocycles. The van der Waals surface area contributed by atoms with E-state index in [-0.39, 0.29) is 11.9 Å². The van der Waals surface area contributed by atoms with Crippen LogP contribution in [-0.4, -0.2) is 48.6 Å². The van der Waals surface area contributed by atoms with E-state index in [1.807, 2.05) is 24.5 Å². The molecule has 1 aliphatic carbocycles. The van der Waals surface area contributed by atoms with Crippen LogP contribution in [0.15, 0.2) is 24.5 Å². The first kappa shape index (κ1) is 17.4. The molecule has 2 fully saturated rings. The third kappa shape index (κ3) is 5.02. The van der Waals surface area contributed by atoms with E-state index in [2.05, 4.69) is 15.2 Å². The van der Waals surface area contributed by atoms with Gasteiger partial charge in [0.25, 0.3) is 0 Å². The van der Waals surface area contributed by atoms with E-state index in [0.29, 0.717) is 18.9 Å². The molecule has 1 unspecified atom stereocenters. The van der Waals surface area contributed by atoms with Gasteiger partial charge in [-0.05, 0) is 36.5 Å². The Morgan fingerprint density at radius 2 is 1.92 bits per heavy atom. The highest BCUT2D eigenvalue weighted by Gasteiger charge is 2.24. The van der Waals surface area contributed by atoms with E-state index < -0.39 is 0 Å². The van der Waals surface area contributed by atoms with Crippen molar-refractivity contribution in [3.8, 4) is 0 Å². The maximum absolute atomic E-state index is 12.4. The largest absolute Gasteiger partial charge is 0.379 e. The molecule has 0 bridgehead atoms. The molecule has 0 aromatic carbocycles. The van der Waals surface area contributed by atoms with E-state index in [4.69, 9.17) is 4.74 Å². The summed E-state index contributed by atoms with van der Waals surface area (Å²) >= 11 is 0. The zero-order valence-electron chi connectivity index (χ0n) is 14.5. The van der Waals surface area contributed by atoms with Crippen LogP contribution in [0.4, 0.5) is 0 Å². The minimum atomic E-state index is 0.201. The van der Waals surface area contributed by atoms with E-state index in [1.165, 1.54) is 37.7 Å². The number of nitrogens with one attached hydrogen (secondary N) is 1. The summed E-state index contributed by atoms with van der Waals surface area (Å²) < 4.78 is 5.47. The number of nitrogens with zero attached hydrogens (tertiary/aromatic N) is 2. The van der Waals surface area contributed by atoms with Gasteiger partial charge in [0.2, 0.25) is 5.91 Å². The summed E-state index contributed by atoms with van der Waals surface area (Å²) in [6, 6.07) is 4.30. The molecule has 1 aliphatic heterocycles. The molecule has 0 spiro atoms. The minimum absolute atomic E-state index is 0.201. The maximum atomic E-state index is 12.4. The highest BCUT2D eigenvalue weighted by atomic mass is 16.5. The van der Waals surface area contributed by atoms with E-state index in [1.54, 1.807) is 0 Å². The molecule has 5 heteroatoms. The third-order valence-corrected chi connectivity index (χ3v) is 5.27. The van der Waals surface area contributed by atoms with Gasteiger partial charge >= 0.3 is 0 Å². The monoisotopic (exact) mass is 331 g/mol. The first-order valence-electron chi connectivity index (χ1n) is 9.31. The zero-order valence-corrected chi connectivity index (χ0v) is 14.5. The van der Waals surface area contributed by atoms with Crippen LogP contribution in [0.25, 0.3) is 0 Å². The van der Waals surface area contributed by atoms with Crippen molar-refractivity contribution < 1.29 is 9.53 Å². The number of hydrogen-bond acceptors (Lipinski definition) is 4. The van der Waals surface area contributed by atoms with Gasteiger partial charge in [0.15, 0.2) is 0 Å². The molecule has 1 N–H and O–H groups in total. The molecule has 1 aromatic heterocycles. The van der Waals surface area contributed by atoms with Crippen LogP contribution in [0.3, 0.4) is 0 Å². The van der Waals surface area contributed by atoms with Crippen molar-refractivity contribution in [1.82, 2.24) is 15.2 Å². The number of morpholine rings is 1. The summed E-state index contributed by atoms with van der Waals surface area (Å²) in [5, 5.41) is 3.18. The van der Waals surface area contributed by atoms with Gasteiger partial charge in [-0.3, -0.25) is 14.7 Å². The first-order valence-corrected chi connectivity index (χ1v) is 9.31. The fourth-order valence-electron chi connectivity index (χ4n) is 3.87. The summed E-state index contributed by atoms with van der Waals surface area (Å²) in [4.78, 5) is 18.9. The Kier molecular flexibility index (Phi) is 6.61. The van der Waals surface area contributed by atoms with Crippen LogP contribution >= 0.6 is 0 Å². The highest BCUT2D eigenvalue weighted by Crippen LogP contribution is 2.26. The van der Waals surface area contributed by atoms with Crippen molar-refractivity contribution in [2.45, 2.75) is 44.6 Å². The topological polar surface area (TPSA) is 54.5 Å². The van der Waals surface area contributed by atoms with Gasteiger partial charge in [0, 0.05) is 38.4 Å². The number of amides is 1. The Balaban J connectivity index is 1.56. The van der Waals surface area contributed by atoms with Crippen molar-refractivity contribution in [2.75, 3.05) is 32.8 Å². The Hall–Kier alpha value is -1.46. The van der Waals surface area contributed by atoms with Gasteiger partial charge in [0.1, 0.15) is 0 Å². The molecular weight excluding hydrogens is 302 g/mol. The number of carbonyl (C=O) groups excluding carboxylic acids is 1. The smallest absolute Gasteiger partial charge is 0.220 e. The number of carbonyl (C=O) groups is 1. The summed E-state index contributed by atoms with van der Waals surface area (Å²) in [5.41, 5.74) is 1.21. The normalized spacial score (nSPS) is 21.3. The summed E-state index contributed by atoms with van der Waals surface area (Å²) in [7, 11) is 0. The number of hydrogen-bond donors (Lipinski definition) is 1. The second-order valence-electron chi connectivity index (χ2n) is 6.96. The number of rotatable bonds is 6. The van der Waals surface area contributed by atoms with Crippen LogP contribution in [0, 0.1) is 5.92 Å². The number of ether oxygens (including phenoxy) is 1. The van der Waals surface area contributed by atoms with Crippen LogP contribution in [0.1, 0.15) is 50.1 Å². The fourth-order valence-corrected chi connectivity index (χ4v) is 3.87. The number of aromatic nitrogens is 1. The molecule has 5 nitrogen and oxygen atoms in total. The minimum Gasteiger partial charge on any atom is -0.379 e. The van der Waals surface area contributed by atoms with Gasteiger partial charge in [-0.15, -0.1) is 0 Å². The standard InChI is InChI=1S/C19H29N3O2/c23-19(14-16-4-2-1-3-5-16)21-15-18(17-6-8-20-9-7-17)22-10-12-24-13-11-22/h6-9,16,18H,1-5,10-15H2,(H,21,23). The average molecular weight is 331 g/mol. The summed E-state index contributed by atoms with van der Waals surface area (Å²) in [6.07, 6.45) is 10.7. The summed E-state index contributed by atoms with van der Waals surface area (Å²) in [5.74, 6) is 0.788. The van der Waals surface area contributed by atoms with Crippen molar-refractivity contribution in [3.05, 3.63) is 30.1 Å². The number of pyridine rings is 1. The Labute approximate surface area is 144 Å². The van der Waals surface area contributed by atoms with Crippen molar-refractivity contribution in [1.29, 1.82) is 0 Å². The second kappa shape index (κ2) is 9.14. The Bertz CT molecular complexity index is 497. The van der Waals surface area contributed by atoms with E-state index in [9.17, 15) is 4.79 Å². The molecule has 24 heavy (non-hydrogen) atoms. The van der Waals surface area contributed by atoms with Crippen LogP contribution in [0.5, 0.6) is 0 Å². The molecule has 2 heterocycles. The molecule has 3 rings (SSSR count). The lowest BCUT2D eigenvalue weighted by atomic mass is 9.87. The zero-order chi connectivity index (χ0) is 16.6. The fraction of sp³-hybridized carbons (Fsp3) is 0.684. The molecule has 1 amide bonds. The van der Waals surface area contributed by atoms with Crippen LogP contribution in [-0.2, 0) is 9.53 Å². The van der Waals surface area contributed by atoms with Gasteiger partial charge < -0.3 is 10.1 Å². The Morgan fingerprint density at radius 1 is 1.21 bits per heavy atom. The SMILES string of the molecule is O=C(CC1CCCCC1)NCC(c1ccncc1)N1CCOCC1. The van der Waals surface area contributed by atoms with Gasteiger partial charge in [-0.1, -0.05) is 19.3 Å². The molecule has 1 saturated carbocycles. The molecule has 1 aromatic rings. The van der Waals surface area contributed by atoms with Crippen molar-refractivity contribution in [2.24, 2.45) is 5.92 Å². The van der Waals surface area contributed by atoms with Crippen molar-refractivity contribution in [3.63, 3.8) is 0 Å². The lowest BCUT2D eigenvalue weighted by Gasteiger charge is -2.35. The highest BCUT2D eigenvalue weighted by molar-refractivity contribution is 5.76. The Morgan fingerprint density at radius 3 is 2.62 bits per heavy atom. The lowest BCUT2D eigenvalue weighted by molar-refractivity contribution is -0.122. The molecule has 1 atom stereocenters. The van der Waals surface area contributed by atoms with Gasteiger partial charge in [-0.25, -0.2) is 0 Å². The third-order valence-electron chi connectivity index (χ3n) is 5.27. The first-order chi connectivity index (χ1) is 11.8. The van der Waals surface area contributed by atoms with Gasteiger partial charge in [0.05, 0.1) is 19.3 Å². The maximum Gasteiger partial charge on any atom is 0.220 e. The van der Waals surface area contributed by atoms with Crippen LogP contribution < -0.4 is 5.32 Å². The molecule has 0 radical (unpaired) electrons. The predicted octanol–water partition coefficient (Wildman–Crippen LogP) is 2.54.